The van der Waals surface area contributed by atoms with Gasteiger partial charge in [0.25, 0.3) is 0 Å². The Morgan fingerprint density at radius 2 is 1.74 bits per heavy atom. The van der Waals surface area contributed by atoms with E-state index in [4.69, 9.17) is 5.73 Å². The molecule has 2 rings (SSSR count). The van der Waals surface area contributed by atoms with Crippen LogP contribution < -0.4 is 5.73 Å². The number of unbranched alkanes of at least 4 members (excludes halogenated alkanes) is 5. The summed E-state index contributed by atoms with van der Waals surface area (Å²) in [4.78, 5) is 0. The number of hydrogen-bond donors (Lipinski definition) is 1. The van der Waals surface area contributed by atoms with E-state index in [0.29, 0.717) is 6.54 Å². The highest BCUT2D eigenvalue weighted by Gasteiger charge is 2.05. The van der Waals surface area contributed by atoms with Crippen LogP contribution in [-0.2, 0) is 13.1 Å². The van der Waals surface area contributed by atoms with Gasteiger partial charge in [-0.3, -0.25) is 0 Å². The van der Waals surface area contributed by atoms with Crippen molar-refractivity contribution in [3.8, 4) is 0 Å². The van der Waals surface area contributed by atoms with Crippen LogP contribution in [0.5, 0.6) is 0 Å². The normalized spacial score (nSPS) is 11.3. The minimum absolute atomic E-state index is 0.629. The molecule has 0 aliphatic rings. The Hall–Kier alpha value is -1.28. The van der Waals surface area contributed by atoms with Crippen molar-refractivity contribution in [1.82, 2.24) is 4.57 Å². The van der Waals surface area contributed by atoms with Gasteiger partial charge in [0.15, 0.2) is 0 Å². The van der Waals surface area contributed by atoms with Crippen LogP contribution in [0.2, 0.25) is 0 Å². The van der Waals surface area contributed by atoms with Crippen LogP contribution in [0.3, 0.4) is 0 Å². The molecule has 1 aromatic carbocycles. The lowest BCUT2D eigenvalue weighted by atomic mass is 10.1. The van der Waals surface area contributed by atoms with Gasteiger partial charge in [0, 0.05) is 30.2 Å². The summed E-state index contributed by atoms with van der Waals surface area (Å²) in [6.07, 6.45) is 10.3. The molecule has 1 heterocycles. The molecule has 0 unspecified atom stereocenters. The number of benzene rings is 1. The van der Waals surface area contributed by atoms with Crippen molar-refractivity contribution >= 4 is 10.9 Å². The lowest BCUT2D eigenvalue weighted by molar-refractivity contribution is 0.565. The van der Waals surface area contributed by atoms with Crippen molar-refractivity contribution in [1.29, 1.82) is 0 Å². The standard InChI is InChI=1S/C17H26N2/c1-2-3-4-5-6-9-12-19-14-15(13-18)16-10-7-8-11-17(16)19/h7-8,10-11,14H,2-6,9,12-13,18H2,1H3. The van der Waals surface area contributed by atoms with Crippen molar-refractivity contribution in [2.45, 2.75) is 58.5 Å². The molecule has 2 heteroatoms. The van der Waals surface area contributed by atoms with Crippen LogP contribution in [0.25, 0.3) is 10.9 Å². The first-order chi connectivity index (χ1) is 9.36. The molecule has 0 fully saturated rings. The highest BCUT2D eigenvalue weighted by atomic mass is 15.0. The van der Waals surface area contributed by atoms with E-state index in [2.05, 4.69) is 42.0 Å². The van der Waals surface area contributed by atoms with Crippen LogP contribution in [0.15, 0.2) is 30.5 Å². The van der Waals surface area contributed by atoms with E-state index < -0.39 is 0 Å². The summed E-state index contributed by atoms with van der Waals surface area (Å²) in [6, 6.07) is 8.58. The second kappa shape index (κ2) is 7.34. The average molecular weight is 258 g/mol. The molecule has 0 bridgehead atoms. The molecular formula is C17H26N2. The first kappa shape index (κ1) is 14.1. The predicted octanol–water partition coefficient (Wildman–Crippen LogP) is 4.46. The van der Waals surface area contributed by atoms with Gasteiger partial charge in [-0.25, -0.2) is 0 Å². The molecule has 0 aliphatic carbocycles. The SMILES string of the molecule is CCCCCCCCn1cc(CN)c2ccccc21. The molecule has 0 aliphatic heterocycles. The number of nitrogens with zero attached hydrogens (tertiary/aromatic N) is 1. The molecule has 0 atom stereocenters. The fourth-order valence-electron chi connectivity index (χ4n) is 2.73. The number of aromatic nitrogens is 1. The Morgan fingerprint density at radius 1 is 1.00 bits per heavy atom. The Balaban J connectivity index is 1.93. The van der Waals surface area contributed by atoms with E-state index in [1.54, 1.807) is 0 Å². The number of aryl methyl sites for hydroxylation is 1. The van der Waals surface area contributed by atoms with Crippen molar-refractivity contribution in [3.63, 3.8) is 0 Å². The summed E-state index contributed by atoms with van der Waals surface area (Å²) in [5.74, 6) is 0. The van der Waals surface area contributed by atoms with Gasteiger partial charge in [-0.2, -0.15) is 0 Å². The zero-order valence-electron chi connectivity index (χ0n) is 12.1. The van der Waals surface area contributed by atoms with Gasteiger partial charge >= 0.3 is 0 Å². The van der Waals surface area contributed by atoms with Crippen LogP contribution in [0, 0.1) is 0 Å². The summed E-state index contributed by atoms with van der Waals surface area (Å²) in [5.41, 5.74) is 8.42. The lowest BCUT2D eigenvalue weighted by Crippen LogP contribution is -1.97. The summed E-state index contributed by atoms with van der Waals surface area (Å²) in [6.45, 7) is 4.01. The molecule has 2 nitrogen and oxygen atoms in total. The fourth-order valence-corrected chi connectivity index (χ4v) is 2.73. The molecule has 0 saturated carbocycles. The Kier molecular flexibility index (Phi) is 5.46. The lowest BCUT2D eigenvalue weighted by Gasteiger charge is -2.05. The van der Waals surface area contributed by atoms with Gasteiger partial charge in [-0.15, -0.1) is 0 Å². The fraction of sp³-hybridized carbons (Fsp3) is 0.529. The van der Waals surface area contributed by atoms with E-state index in [1.165, 1.54) is 55.0 Å². The molecule has 2 aromatic rings. The maximum Gasteiger partial charge on any atom is 0.0483 e. The zero-order chi connectivity index (χ0) is 13.5. The Morgan fingerprint density at radius 3 is 2.53 bits per heavy atom. The first-order valence-electron chi connectivity index (χ1n) is 7.63. The van der Waals surface area contributed by atoms with Crippen LogP contribution >= 0.6 is 0 Å². The summed E-state index contributed by atoms with van der Waals surface area (Å²) >= 11 is 0. The van der Waals surface area contributed by atoms with E-state index in [-0.39, 0.29) is 0 Å². The third kappa shape index (κ3) is 3.60. The molecule has 19 heavy (non-hydrogen) atoms. The largest absolute Gasteiger partial charge is 0.347 e. The molecular weight excluding hydrogens is 232 g/mol. The smallest absolute Gasteiger partial charge is 0.0483 e. The molecule has 0 amide bonds. The van der Waals surface area contributed by atoms with Crippen LogP contribution in [0.1, 0.15) is 51.0 Å². The second-order valence-corrected chi connectivity index (χ2v) is 5.34. The van der Waals surface area contributed by atoms with Crippen LogP contribution in [0.4, 0.5) is 0 Å². The maximum atomic E-state index is 5.83. The minimum Gasteiger partial charge on any atom is -0.347 e. The van der Waals surface area contributed by atoms with E-state index in [0.717, 1.165) is 6.54 Å². The van der Waals surface area contributed by atoms with Crippen molar-refractivity contribution < 1.29 is 0 Å². The highest BCUT2D eigenvalue weighted by molar-refractivity contribution is 5.83. The zero-order valence-corrected chi connectivity index (χ0v) is 12.1. The number of fused-ring (bicyclic) bond motifs is 1. The van der Waals surface area contributed by atoms with Crippen molar-refractivity contribution in [2.24, 2.45) is 5.73 Å². The van der Waals surface area contributed by atoms with E-state index >= 15 is 0 Å². The molecule has 104 valence electrons. The monoisotopic (exact) mass is 258 g/mol. The third-order valence-corrected chi connectivity index (χ3v) is 3.84. The molecule has 0 saturated heterocycles. The average Bonchev–Trinajstić information content (AvgIpc) is 2.81. The predicted molar refractivity (Wildman–Crippen MR) is 83.2 cm³/mol. The molecule has 2 N–H and O–H groups in total. The maximum absolute atomic E-state index is 5.83. The molecule has 0 radical (unpaired) electrons. The van der Waals surface area contributed by atoms with Gasteiger partial charge < -0.3 is 10.3 Å². The third-order valence-electron chi connectivity index (χ3n) is 3.84. The van der Waals surface area contributed by atoms with Gasteiger partial charge in [0.2, 0.25) is 0 Å². The summed E-state index contributed by atoms with van der Waals surface area (Å²) in [7, 11) is 0. The van der Waals surface area contributed by atoms with Gasteiger partial charge in [0.1, 0.15) is 0 Å². The Bertz CT molecular complexity index is 499. The molecule has 0 spiro atoms. The molecule has 1 aromatic heterocycles. The summed E-state index contributed by atoms with van der Waals surface area (Å²) in [5, 5.41) is 1.32. The quantitative estimate of drug-likeness (QED) is 0.696. The Labute approximate surface area is 116 Å². The first-order valence-corrected chi connectivity index (χ1v) is 7.63. The van der Waals surface area contributed by atoms with Gasteiger partial charge in [-0.1, -0.05) is 57.2 Å². The number of rotatable bonds is 8. The van der Waals surface area contributed by atoms with E-state index in [1.807, 2.05) is 0 Å². The van der Waals surface area contributed by atoms with E-state index in [9.17, 15) is 0 Å². The van der Waals surface area contributed by atoms with Crippen molar-refractivity contribution in [3.05, 3.63) is 36.0 Å². The van der Waals surface area contributed by atoms with Gasteiger partial charge in [-0.05, 0) is 18.1 Å². The highest BCUT2D eigenvalue weighted by Crippen LogP contribution is 2.21. The van der Waals surface area contributed by atoms with Crippen LogP contribution in [-0.4, -0.2) is 4.57 Å². The number of nitrogens with two attached hydrogens (primary N) is 1. The summed E-state index contributed by atoms with van der Waals surface area (Å²) < 4.78 is 2.37. The van der Waals surface area contributed by atoms with Crippen molar-refractivity contribution in [2.75, 3.05) is 0 Å². The number of para-hydroxylation sites is 1. The minimum atomic E-state index is 0.629. The topological polar surface area (TPSA) is 30.9 Å². The second-order valence-electron chi connectivity index (χ2n) is 5.34. The van der Waals surface area contributed by atoms with Gasteiger partial charge in [0.05, 0.1) is 0 Å². The number of hydrogen-bond acceptors (Lipinski definition) is 1.